The van der Waals surface area contributed by atoms with Gasteiger partial charge in [-0.25, -0.2) is 14.5 Å². The molecule has 2 aliphatic carbocycles. The van der Waals surface area contributed by atoms with Crippen molar-refractivity contribution in [2.24, 2.45) is 5.73 Å². The summed E-state index contributed by atoms with van der Waals surface area (Å²) in [7, 11) is 4.13. The summed E-state index contributed by atoms with van der Waals surface area (Å²) in [6, 6.07) is 23.2. The minimum absolute atomic E-state index is 0.0000411. The summed E-state index contributed by atoms with van der Waals surface area (Å²) in [5.41, 5.74) is 15.0. The topological polar surface area (TPSA) is 167 Å². The fourth-order valence-corrected chi connectivity index (χ4v) is 8.97. The molecule has 3 heterocycles. The maximum absolute atomic E-state index is 13.1. The Balaban J connectivity index is 0.000000188. The van der Waals surface area contributed by atoms with Crippen LogP contribution < -0.4 is 20.5 Å². The number of likely N-dealkylation sites (tertiary alicyclic amines) is 1. The number of carbonyl (C=O) groups is 1. The molecule has 4 aromatic carbocycles. The van der Waals surface area contributed by atoms with Gasteiger partial charge >= 0.3 is 6.03 Å². The Morgan fingerprint density at radius 2 is 1.30 bits per heavy atom. The summed E-state index contributed by atoms with van der Waals surface area (Å²) in [6.45, 7) is 24.2. The highest BCUT2D eigenvalue weighted by Crippen LogP contribution is 2.39. The Morgan fingerprint density at radius 3 is 1.82 bits per heavy atom. The Morgan fingerprint density at radius 1 is 0.773 bits per heavy atom. The molecule has 0 radical (unpaired) electrons. The van der Waals surface area contributed by atoms with E-state index < -0.39 is 0 Å². The average molecular weight is 889 g/mol. The zero-order valence-electron chi connectivity index (χ0n) is 38.4. The van der Waals surface area contributed by atoms with E-state index in [0.717, 1.165) is 80.3 Å². The predicted octanol–water partition coefficient (Wildman–Crippen LogP) is 10.5. The number of hydrogen-bond acceptors (Lipinski definition) is 11. The summed E-state index contributed by atoms with van der Waals surface area (Å²) in [4.78, 5) is 33.6. The van der Waals surface area contributed by atoms with E-state index in [0.29, 0.717) is 63.5 Å². The number of nitrogens with two attached hydrogens (primary N) is 1. The van der Waals surface area contributed by atoms with Crippen molar-refractivity contribution in [2.45, 2.75) is 103 Å². The van der Waals surface area contributed by atoms with Gasteiger partial charge in [0.2, 0.25) is 23.0 Å². The molecule has 15 nitrogen and oxygen atoms in total. The number of rotatable bonds is 10. The van der Waals surface area contributed by atoms with Crippen molar-refractivity contribution in [3.05, 3.63) is 118 Å². The first-order valence-electron chi connectivity index (χ1n) is 22.7. The van der Waals surface area contributed by atoms with Crippen molar-refractivity contribution < 1.29 is 23.3 Å². The molecule has 340 valence electrons. The standard InChI is InChI=1S/C29H34N6O3.C22H22N4O2/c1-18(2)37-26-13-12-19(16-25(26)30-3)28-32-27(33-38-28)23-10-6-9-22-21(23)8-7-11-24(22)31-29(36)35-15-14-20(17-35)34(4)5;1-13(2)27-20-11-10-14(12-19(20)24-3)22-25-21(26-28-22)17-8-4-7-16-15(17)6-5-9-18(16)23/h6,9-10,12-13,16,18,20,24H,7-8,11,14-15,17H2,1-2,4-5H3,(H,31,36);4,7-8,10-13,18H,5-6,9,23H2,1-2H3/t20-,24-;18-/m11/s1. The molecule has 2 amide bonds. The number of amides is 2. The van der Waals surface area contributed by atoms with Gasteiger partial charge in [0.15, 0.2) is 0 Å². The molecule has 0 unspecified atom stereocenters. The van der Waals surface area contributed by atoms with Crippen LogP contribution in [0.3, 0.4) is 0 Å². The largest absolute Gasteiger partial charge is 0.502 e. The second-order valence-electron chi connectivity index (χ2n) is 17.8. The molecule has 6 aromatic rings. The zero-order chi connectivity index (χ0) is 46.5. The Hall–Kier alpha value is -7.07. The molecule has 3 N–H and O–H groups in total. The molecule has 1 saturated heterocycles. The molecule has 3 aliphatic rings. The normalized spacial score (nSPS) is 17.6. The van der Waals surface area contributed by atoms with E-state index in [1.807, 2.05) is 69.0 Å². The number of aromatic nitrogens is 4. The van der Waals surface area contributed by atoms with Gasteiger partial charge in [0.1, 0.15) is 11.5 Å². The number of urea groups is 1. The van der Waals surface area contributed by atoms with Crippen LogP contribution in [0.15, 0.2) is 81.8 Å². The first-order chi connectivity index (χ1) is 31.9. The molecule has 3 atom stereocenters. The van der Waals surface area contributed by atoms with Gasteiger partial charge in [-0.1, -0.05) is 46.7 Å². The Labute approximate surface area is 385 Å². The van der Waals surface area contributed by atoms with Crippen LogP contribution in [0, 0.1) is 13.1 Å². The smallest absolute Gasteiger partial charge is 0.317 e. The highest BCUT2D eigenvalue weighted by molar-refractivity contribution is 5.76. The average Bonchev–Trinajstić information content (AvgIpc) is 4.12. The van der Waals surface area contributed by atoms with Crippen LogP contribution in [0.2, 0.25) is 0 Å². The van der Waals surface area contributed by atoms with Gasteiger partial charge in [-0.15, -0.1) is 0 Å². The quantitative estimate of drug-likeness (QED) is 0.126. The molecule has 0 spiro atoms. The van der Waals surface area contributed by atoms with Crippen LogP contribution in [0.4, 0.5) is 16.2 Å². The molecule has 0 bridgehead atoms. The van der Waals surface area contributed by atoms with Crippen molar-refractivity contribution in [1.82, 2.24) is 35.4 Å². The number of nitrogens with zero attached hydrogens (tertiary/aromatic N) is 8. The summed E-state index contributed by atoms with van der Waals surface area (Å²) in [5, 5.41) is 11.7. The molecular weight excluding hydrogens is 833 g/mol. The van der Waals surface area contributed by atoms with E-state index in [9.17, 15) is 4.79 Å². The molecule has 15 heteroatoms. The van der Waals surface area contributed by atoms with Crippen molar-refractivity contribution in [1.29, 1.82) is 0 Å². The van der Waals surface area contributed by atoms with Crippen LogP contribution in [0.5, 0.6) is 11.5 Å². The Bertz CT molecular complexity index is 2780. The van der Waals surface area contributed by atoms with Gasteiger partial charge in [-0.3, -0.25) is 0 Å². The number of ether oxygens (including phenoxy) is 2. The lowest BCUT2D eigenvalue weighted by atomic mass is 9.84. The third-order valence-electron chi connectivity index (χ3n) is 12.3. The summed E-state index contributed by atoms with van der Waals surface area (Å²) < 4.78 is 22.5. The lowest BCUT2D eigenvalue weighted by Gasteiger charge is -2.29. The van der Waals surface area contributed by atoms with Gasteiger partial charge in [0, 0.05) is 47.4 Å². The van der Waals surface area contributed by atoms with E-state index in [4.69, 9.17) is 37.4 Å². The van der Waals surface area contributed by atoms with Gasteiger partial charge in [-0.2, -0.15) is 9.97 Å². The van der Waals surface area contributed by atoms with Crippen molar-refractivity contribution in [3.8, 4) is 57.2 Å². The number of likely N-dealkylation sites (N-methyl/N-ethyl adjacent to an activating group) is 1. The lowest BCUT2D eigenvalue weighted by Crippen LogP contribution is -2.42. The zero-order valence-corrected chi connectivity index (χ0v) is 38.4. The minimum atomic E-state index is -0.0503. The number of benzene rings is 4. The number of nitrogens with one attached hydrogen (secondary N) is 1. The van der Waals surface area contributed by atoms with E-state index in [2.05, 4.69) is 66.4 Å². The van der Waals surface area contributed by atoms with Crippen molar-refractivity contribution in [2.75, 3.05) is 27.2 Å². The van der Waals surface area contributed by atoms with Crippen LogP contribution >= 0.6 is 0 Å². The highest BCUT2D eigenvalue weighted by atomic mass is 16.5. The molecule has 1 fully saturated rings. The molecule has 66 heavy (non-hydrogen) atoms. The van der Waals surface area contributed by atoms with Gasteiger partial charge in [0.05, 0.1) is 31.4 Å². The van der Waals surface area contributed by atoms with Gasteiger partial charge in [0.25, 0.3) is 11.8 Å². The first kappa shape index (κ1) is 45.5. The minimum Gasteiger partial charge on any atom is -0.502 e. The molecule has 1 aliphatic heterocycles. The maximum atomic E-state index is 13.1. The Kier molecular flexibility index (Phi) is 13.8. The summed E-state index contributed by atoms with van der Waals surface area (Å²) >= 11 is 0. The van der Waals surface area contributed by atoms with Crippen LogP contribution in [0.1, 0.15) is 94.1 Å². The van der Waals surface area contributed by atoms with Crippen LogP contribution in [0.25, 0.3) is 55.4 Å². The fourth-order valence-electron chi connectivity index (χ4n) is 8.97. The fraction of sp³-hybridized carbons (Fsp3) is 0.392. The SMILES string of the molecule is [C-]#[N+]c1cc(-c2nc(-c3cccc4c3CCC[C@H]4N)no2)ccc1OC(C)C.[C-]#[N+]c1cc(-c2nc(-c3cccc4c3CCC[C@H]4NC(=O)N3CC[C@@H](N(C)C)C3)no2)ccc1OC(C)C. The third kappa shape index (κ3) is 9.93. The second-order valence-corrected chi connectivity index (χ2v) is 17.8. The lowest BCUT2D eigenvalue weighted by molar-refractivity contribution is 0.198. The monoisotopic (exact) mass is 888 g/mol. The van der Waals surface area contributed by atoms with Crippen LogP contribution in [-0.2, 0) is 12.8 Å². The predicted molar refractivity (Wildman–Crippen MR) is 252 cm³/mol. The first-order valence-corrected chi connectivity index (χ1v) is 22.7. The number of hydrogen-bond donors (Lipinski definition) is 2. The molecule has 9 rings (SSSR count). The number of carbonyl (C=O) groups excluding carboxylic acids is 1. The van der Waals surface area contributed by atoms with E-state index in [1.54, 1.807) is 24.3 Å². The summed E-state index contributed by atoms with van der Waals surface area (Å²) in [5.74, 6) is 2.88. The molecule has 0 saturated carbocycles. The summed E-state index contributed by atoms with van der Waals surface area (Å²) in [6.07, 6.45) is 6.73. The number of fused-ring (bicyclic) bond motifs is 2. The van der Waals surface area contributed by atoms with Gasteiger partial charge < -0.3 is 39.4 Å². The van der Waals surface area contributed by atoms with E-state index in [1.165, 1.54) is 11.1 Å². The molecular formula is C51H56N10O5. The maximum Gasteiger partial charge on any atom is 0.317 e. The van der Waals surface area contributed by atoms with E-state index >= 15 is 0 Å². The molecule has 2 aromatic heterocycles. The van der Waals surface area contributed by atoms with Crippen molar-refractivity contribution >= 4 is 17.4 Å². The highest BCUT2D eigenvalue weighted by Gasteiger charge is 2.31. The second kappa shape index (κ2) is 20.0. The third-order valence-corrected chi connectivity index (χ3v) is 12.3. The van der Waals surface area contributed by atoms with Crippen LogP contribution in [-0.4, -0.2) is 81.5 Å². The van der Waals surface area contributed by atoms with Crippen molar-refractivity contribution in [3.63, 3.8) is 0 Å². The van der Waals surface area contributed by atoms with Gasteiger partial charge in [-0.05, 0) is 145 Å². The van der Waals surface area contributed by atoms with E-state index in [-0.39, 0.29) is 30.3 Å².